The van der Waals surface area contributed by atoms with Crippen molar-refractivity contribution in [3.8, 4) is 0 Å². The molecular weight excluding hydrogens is 378 g/mol. The lowest BCUT2D eigenvalue weighted by Gasteiger charge is -2.25. The van der Waals surface area contributed by atoms with E-state index in [0.717, 1.165) is 31.6 Å². The summed E-state index contributed by atoms with van der Waals surface area (Å²) in [7, 11) is -3.41. The molecule has 1 aromatic heterocycles. The first kappa shape index (κ1) is 18.8. The maximum absolute atomic E-state index is 12.7. The Morgan fingerprint density at radius 3 is 2.41 bits per heavy atom. The Bertz CT molecular complexity index is 860. The molecular formula is C20H25N3O2S2. The summed E-state index contributed by atoms with van der Waals surface area (Å²) < 4.78 is 27.2. The first-order valence-corrected chi connectivity index (χ1v) is 11.8. The van der Waals surface area contributed by atoms with Gasteiger partial charge in [0.05, 0.1) is 0 Å². The fourth-order valence-electron chi connectivity index (χ4n) is 3.34. The van der Waals surface area contributed by atoms with Crippen LogP contribution in [0.25, 0.3) is 0 Å². The van der Waals surface area contributed by atoms with E-state index in [-0.39, 0.29) is 9.64 Å². The number of anilines is 1. The summed E-state index contributed by atoms with van der Waals surface area (Å²) >= 11 is 1.91. The summed E-state index contributed by atoms with van der Waals surface area (Å²) in [6, 6.07) is 13.9. The zero-order valence-corrected chi connectivity index (χ0v) is 16.9. The minimum atomic E-state index is -3.41. The Morgan fingerprint density at radius 1 is 1.04 bits per heavy atom. The molecule has 0 atom stereocenters. The van der Waals surface area contributed by atoms with E-state index in [0.29, 0.717) is 13.1 Å². The highest BCUT2D eigenvalue weighted by Crippen LogP contribution is 2.51. The number of aromatic nitrogens is 1. The van der Waals surface area contributed by atoms with Gasteiger partial charge in [0.15, 0.2) is 0 Å². The Balaban J connectivity index is 1.37. The van der Waals surface area contributed by atoms with Crippen LogP contribution in [-0.2, 0) is 10.0 Å². The Kier molecular flexibility index (Phi) is 5.43. The van der Waals surface area contributed by atoms with E-state index in [2.05, 4.69) is 34.6 Å². The van der Waals surface area contributed by atoms with Gasteiger partial charge < -0.3 is 5.32 Å². The van der Waals surface area contributed by atoms with Crippen LogP contribution in [0, 0.1) is 0 Å². The van der Waals surface area contributed by atoms with E-state index < -0.39 is 10.0 Å². The predicted molar refractivity (Wildman–Crippen MR) is 110 cm³/mol. The van der Waals surface area contributed by atoms with E-state index in [1.807, 2.05) is 17.8 Å². The molecule has 2 fully saturated rings. The SMILES string of the molecule is O=S(=O)(c1ccc(NCC2(Sc3ccccc3)CC2)nc1)N1CCCCC1. The number of piperidine rings is 1. The number of thioether (sulfide) groups is 1. The van der Waals surface area contributed by atoms with Crippen LogP contribution in [-0.4, -0.2) is 42.1 Å². The molecule has 0 unspecified atom stereocenters. The van der Waals surface area contributed by atoms with E-state index in [4.69, 9.17) is 0 Å². The van der Waals surface area contributed by atoms with Crippen LogP contribution in [0.15, 0.2) is 58.5 Å². The zero-order chi connectivity index (χ0) is 18.7. The third kappa shape index (κ3) is 4.47. The van der Waals surface area contributed by atoms with Crippen molar-refractivity contribution in [2.24, 2.45) is 0 Å². The van der Waals surface area contributed by atoms with Crippen molar-refractivity contribution in [2.45, 2.75) is 46.6 Å². The van der Waals surface area contributed by atoms with Crippen LogP contribution < -0.4 is 5.32 Å². The van der Waals surface area contributed by atoms with Crippen LogP contribution in [0.3, 0.4) is 0 Å². The number of rotatable bonds is 7. The van der Waals surface area contributed by atoms with Gasteiger partial charge in [-0.1, -0.05) is 24.6 Å². The molecule has 2 heterocycles. The third-order valence-corrected chi connectivity index (χ3v) is 8.54. The van der Waals surface area contributed by atoms with Crippen molar-refractivity contribution in [1.82, 2.24) is 9.29 Å². The number of nitrogens with zero attached hydrogens (tertiary/aromatic N) is 2. The average Bonchev–Trinajstić information content (AvgIpc) is 3.48. The molecule has 4 rings (SSSR count). The number of pyridine rings is 1. The fourth-order valence-corrected chi connectivity index (χ4v) is 6.04. The minimum absolute atomic E-state index is 0.224. The average molecular weight is 404 g/mol. The van der Waals surface area contributed by atoms with Crippen molar-refractivity contribution in [1.29, 1.82) is 0 Å². The van der Waals surface area contributed by atoms with Gasteiger partial charge in [-0.3, -0.25) is 0 Å². The van der Waals surface area contributed by atoms with Crippen molar-refractivity contribution in [3.05, 3.63) is 48.7 Å². The molecule has 7 heteroatoms. The summed E-state index contributed by atoms with van der Waals surface area (Å²) in [5.41, 5.74) is 0. The molecule has 1 N–H and O–H groups in total. The predicted octanol–water partition coefficient (Wildman–Crippen LogP) is 3.99. The number of benzene rings is 1. The molecule has 1 aliphatic heterocycles. The summed E-state index contributed by atoms with van der Waals surface area (Å²) in [6.07, 6.45) is 6.83. The van der Waals surface area contributed by atoms with Gasteiger partial charge in [-0.2, -0.15) is 4.31 Å². The van der Waals surface area contributed by atoms with Gasteiger partial charge in [0.2, 0.25) is 10.0 Å². The molecule has 0 amide bonds. The molecule has 5 nitrogen and oxygen atoms in total. The van der Waals surface area contributed by atoms with Crippen molar-refractivity contribution in [3.63, 3.8) is 0 Å². The van der Waals surface area contributed by atoms with Gasteiger partial charge in [-0.15, -0.1) is 11.8 Å². The normalized spacial score (nSPS) is 19.6. The molecule has 1 aliphatic carbocycles. The van der Waals surface area contributed by atoms with E-state index in [1.54, 1.807) is 16.4 Å². The third-order valence-electron chi connectivity index (χ3n) is 5.17. The van der Waals surface area contributed by atoms with Crippen LogP contribution in [0.1, 0.15) is 32.1 Å². The monoisotopic (exact) mass is 403 g/mol. The van der Waals surface area contributed by atoms with E-state index in [1.165, 1.54) is 23.9 Å². The second-order valence-electron chi connectivity index (χ2n) is 7.30. The van der Waals surface area contributed by atoms with Gasteiger partial charge in [0, 0.05) is 35.5 Å². The molecule has 0 spiro atoms. The lowest BCUT2D eigenvalue weighted by molar-refractivity contribution is 0.346. The van der Waals surface area contributed by atoms with Crippen LogP contribution >= 0.6 is 11.8 Å². The number of hydrogen-bond donors (Lipinski definition) is 1. The van der Waals surface area contributed by atoms with Crippen LogP contribution in [0.2, 0.25) is 0 Å². The number of sulfonamides is 1. The molecule has 1 saturated carbocycles. The summed E-state index contributed by atoms with van der Waals surface area (Å²) in [5, 5.41) is 3.39. The molecule has 1 aromatic carbocycles. The van der Waals surface area contributed by atoms with Gasteiger partial charge in [-0.25, -0.2) is 13.4 Å². The van der Waals surface area contributed by atoms with Gasteiger partial charge in [0.1, 0.15) is 10.7 Å². The summed E-state index contributed by atoms with van der Waals surface area (Å²) in [4.78, 5) is 5.92. The second kappa shape index (κ2) is 7.81. The molecule has 2 aliphatic rings. The smallest absolute Gasteiger partial charge is 0.244 e. The highest BCUT2D eigenvalue weighted by molar-refractivity contribution is 8.01. The van der Waals surface area contributed by atoms with Crippen molar-refractivity contribution >= 4 is 27.6 Å². The number of hydrogen-bond acceptors (Lipinski definition) is 5. The Morgan fingerprint density at radius 2 is 1.78 bits per heavy atom. The zero-order valence-electron chi connectivity index (χ0n) is 15.3. The first-order valence-electron chi connectivity index (χ1n) is 9.52. The first-order chi connectivity index (χ1) is 13.1. The van der Waals surface area contributed by atoms with Crippen molar-refractivity contribution in [2.75, 3.05) is 25.0 Å². The second-order valence-corrected chi connectivity index (χ2v) is 10.8. The van der Waals surface area contributed by atoms with Gasteiger partial charge in [-0.05, 0) is 49.9 Å². The Hall–Kier alpha value is -1.57. The van der Waals surface area contributed by atoms with E-state index >= 15 is 0 Å². The Labute approximate surface area is 165 Å². The molecule has 0 bridgehead atoms. The molecule has 1 saturated heterocycles. The topological polar surface area (TPSA) is 62.3 Å². The van der Waals surface area contributed by atoms with Crippen LogP contribution in [0.5, 0.6) is 0 Å². The number of nitrogens with one attached hydrogen (secondary N) is 1. The molecule has 27 heavy (non-hydrogen) atoms. The van der Waals surface area contributed by atoms with Crippen molar-refractivity contribution < 1.29 is 8.42 Å². The fraction of sp³-hybridized carbons (Fsp3) is 0.450. The van der Waals surface area contributed by atoms with Gasteiger partial charge >= 0.3 is 0 Å². The van der Waals surface area contributed by atoms with Gasteiger partial charge in [0.25, 0.3) is 0 Å². The quantitative estimate of drug-likeness (QED) is 0.757. The maximum atomic E-state index is 12.7. The summed E-state index contributed by atoms with van der Waals surface area (Å²) in [6.45, 7) is 2.06. The van der Waals surface area contributed by atoms with E-state index in [9.17, 15) is 8.42 Å². The summed E-state index contributed by atoms with van der Waals surface area (Å²) in [5.74, 6) is 0.729. The maximum Gasteiger partial charge on any atom is 0.244 e. The lowest BCUT2D eigenvalue weighted by Crippen LogP contribution is -2.35. The lowest BCUT2D eigenvalue weighted by atomic mass is 10.2. The van der Waals surface area contributed by atoms with Crippen LogP contribution in [0.4, 0.5) is 5.82 Å². The molecule has 2 aromatic rings. The molecule has 0 radical (unpaired) electrons. The highest BCUT2D eigenvalue weighted by atomic mass is 32.2. The standard InChI is InChI=1S/C20H25N3O2S2/c24-27(25,23-13-5-2-6-14-23)18-9-10-19(21-15-18)22-16-20(11-12-20)26-17-7-3-1-4-8-17/h1,3-4,7-10,15H,2,5-6,11-14,16H2,(H,21,22). The minimum Gasteiger partial charge on any atom is -0.369 e. The highest BCUT2D eigenvalue weighted by Gasteiger charge is 2.43. The molecule has 144 valence electrons. The largest absolute Gasteiger partial charge is 0.369 e.